The molecule has 3 N–H and O–H groups in total. The Labute approximate surface area is 161 Å². The Morgan fingerprint density at radius 1 is 1.27 bits per heavy atom. The van der Waals surface area contributed by atoms with E-state index >= 15 is 0 Å². The van der Waals surface area contributed by atoms with Crippen LogP contribution < -0.4 is 16.2 Å². The molecule has 0 spiro atoms. The maximum absolute atomic E-state index is 12.2. The van der Waals surface area contributed by atoms with Gasteiger partial charge < -0.3 is 5.32 Å². The average Bonchev–Trinajstić information content (AvgIpc) is 3.23. The lowest BCUT2D eigenvalue weighted by molar-refractivity contribution is -0.121. The molecule has 0 aliphatic heterocycles. The van der Waals surface area contributed by atoms with Crippen LogP contribution >= 0.6 is 23.6 Å². The number of unbranched alkanes of at least 4 members (excludes halogenated alkanes) is 1. The zero-order valence-corrected chi connectivity index (χ0v) is 16.1. The monoisotopic (exact) mass is 387 g/mol. The molecular weight excluding hydrogens is 366 g/mol. The van der Waals surface area contributed by atoms with Crippen molar-refractivity contribution in [2.24, 2.45) is 0 Å². The number of benzene rings is 1. The van der Waals surface area contributed by atoms with E-state index in [0.29, 0.717) is 5.11 Å². The molecule has 26 heavy (non-hydrogen) atoms. The van der Waals surface area contributed by atoms with E-state index in [1.165, 1.54) is 11.3 Å². The fraction of sp³-hybridized carbons (Fsp3) is 0.278. The van der Waals surface area contributed by atoms with Crippen LogP contribution in [0, 0.1) is 0 Å². The van der Waals surface area contributed by atoms with Gasteiger partial charge >= 0.3 is 0 Å². The van der Waals surface area contributed by atoms with E-state index in [1.54, 1.807) is 0 Å². The van der Waals surface area contributed by atoms with Crippen molar-refractivity contribution in [2.75, 3.05) is 6.54 Å². The summed E-state index contributed by atoms with van der Waals surface area (Å²) < 4.78 is 1.96. The summed E-state index contributed by atoms with van der Waals surface area (Å²) in [5, 5.41) is 5.42. The number of nitrogens with zero attached hydrogens (tertiary/aromatic N) is 2. The Bertz CT molecular complexity index is 888. The van der Waals surface area contributed by atoms with Crippen molar-refractivity contribution in [1.82, 2.24) is 25.6 Å². The van der Waals surface area contributed by atoms with Crippen molar-refractivity contribution >= 4 is 39.5 Å². The number of carbonyl (C=O) groups excluding carboxylic acids is 1. The van der Waals surface area contributed by atoms with Crippen LogP contribution in [-0.2, 0) is 11.2 Å². The molecule has 3 rings (SSSR count). The van der Waals surface area contributed by atoms with Crippen LogP contribution in [0.3, 0.4) is 0 Å². The van der Waals surface area contributed by atoms with Gasteiger partial charge in [-0.25, -0.2) is 4.98 Å². The number of nitrogens with one attached hydrogen (secondary N) is 3. The molecule has 6 nitrogen and oxygen atoms in total. The number of imidazole rings is 1. The number of fused-ring (bicyclic) bond motifs is 1. The summed E-state index contributed by atoms with van der Waals surface area (Å²) in [4.78, 5) is 17.7. The molecular formula is C18H21N5OS2. The van der Waals surface area contributed by atoms with Gasteiger partial charge in [-0.2, -0.15) is 0 Å². The number of hydrazine groups is 1. The summed E-state index contributed by atoms with van der Waals surface area (Å²) in [6.07, 6.45) is 4.34. The van der Waals surface area contributed by atoms with Crippen molar-refractivity contribution in [3.8, 4) is 11.3 Å². The number of carbonyl (C=O) groups is 1. The van der Waals surface area contributed by atoms with Crippen LogP contribution in [0.15, 0.2) is 41.9 Å². The zero-order valence-electron chi connectivity index (χ0n) is 14.5. The highest BCUT2D eigenvalue weighted by molar-refractivity contribution is 7.80. The molecule has 0 fully saturated rings. The van der Waals surface area contributed by atoms with Gasteiger partial charge in [0.25, 0.3) is 0 Å². The molecule has 2 heterocycles. The standard InChI is InChI=1S/C18H21N5OS2/c1-2-3-9-19-17(25)22-21-16(24)10-14-12-26-18-20-15(11-23(14)18)13-7-5-4-6-8-13/h4-8,11-12H,2-3,9-10H2,1H3,(H,21,24)(H2,19,22,25). The second kappa shape index (κ2) is 8.77. The van der Waals surface area contributed by atoms with Gasteiger partial charge in [-0.1, -0.05) is 43.7 Å². The fourth-order valence-corrected chi connectivity index (χ4v) is 3.49. The van der Waals surface area contributed by atoms with E-state index < -0.39 is 0 Å². The van der Waals surface area contributed by atoms with Gasteiger partial charge in [-0.15, -0.1) is 11.3 Å². The van der Waals surface area contributed by atoms with Crippen molar-refractivity contribution in [3.63, 3.8) is 0 Å². The summed E-state index contributed by atoms with van der Waals surface area (Å²) in [7, 11) is 0. The molecule has 0 unspecified atom stereocenters. The van der Waals surface area contributed by atoms with Gasteiger partial charge in [0.1, 0.15) is 0 Å². The largest absolute Gasteiger partial charge is 0.361 e. The highest BCUT2D eigenvalue weighted by Crippen LogP contribution is 2.23. The predicted molar refractivity (Wildman–Crippen MR) is 109 cm³/mol. The number of thiazole rings is 1. The number of aromatic nitrogens is 2. The number of hydrogen-bond donors (Lipinski definition) is 3. The smallest absolute Gasteiger partial charge is 0.244 e. The molecule has 0 atom stereocenters. The lowest BCUT2D eigenvalue weighted by atomic mass is 10.2. The first-order valence-corrected chi connectivity index (χ1v) is 9.79. The Morgan fingerprint density at radius 2 is 2.08 bits per heavy atom. The molecule has 2 aromatic heterocycles. The van der Waals surface area contributed by atoms with Crippen molar-refractivity contribution in [1.29, 1.82) is 0 Å². The van der Waals surface area contributed by atoms with Crippen LogP contribution in [0.2, 0.25) is 0 Å². The third-order valence-corrected chi connectivity index (χ3v) is 4.96. The Balaban J connectivity index is 1.59. The van der Waals surface area contributed by atoms with E-state index in [4.69, 9.17) is 12.2 Å². The minimum Gasteiger partial charge on any atom is -0.361 e. The first kappa shape index (κ1) is 18.3. The molecule has 1 aromatic carbocycles. The molecule has 0 saturated carbocycles. The topological polar surface area (TPSA) is 70.5 Å². The van der Waals surface area contributed by atoms with E-state index in [0.717, 1.165) is 41.3 Å². The first-order valence-electron chi connectivity index (χ1n) is 8.51. The van der Waals surface area contributed by atoms with E-state index in [9.17, 15) is 4.79 Å². The lowest BCUT2D eigenvalue weighted by Crippen LogP contribution is -2.47. The molecule has 8 heteroatoms. The Kier molecular flexibility index (Phi) is 6.19. The molecule has 0 bridgehead atoms. The van der Waals surface area contributed by atoms with Crippen molar-refractivity contribution in [3.05, 3.63) is 47.6 Å². The number of hydrogen-bond acceptors (Lipinski definition) is 4. The van der Waals surface area contributed by atoms with Gasteiger partial charge in [0.2, 0.25) is 5.91 Å². The summed E-state index contributed by atoms with van der Waals surface area (Å²) in [5.74, 6) is -0.153. The Morgan fingerprint density at radius 3 is 2.85 bits per heavy atom. The summed E-state index contributed by atoms with van der Waals surface area (Å²) in [6, 6.07) is 10.00. The van der Waals surface area contributed by atoms with E-state index in [2.05, 4.69) is 28.1 Å². The molecule has 3 aromatic rings. The number of thiocarbonyl (C=S) groups is 1. The second-order valence-electron chi connectivity index (χ2n) is 5.83. The average molecular weight is 388 g/mol. The van der Waals surface area contributed by atoms with E-state index in [-0.39, 0.29) is 12.3 Å². The van der Waals surface area contributed by atoms with Crippen LogP contribution in [0.5, 0.6) is 0 Å². The van der Waals surface area contributed by atoms with Crippen LogP contribution in [0.4, 0.5) is 0 Å². The maximum Gasteiger partial charge on any atom is 0.244 e. The van der Waals surface area contributed by atoms with E-state index in [1.807, 2.05) is 46.3 Å². The van der Waals surface area contributed by atoms with Crippen molar-refractivity contribution < 1.29 is 4.79 Å². The summed E-state index contributed by atoms with van der Waals surface area (Å²) >= 11 is 6.64. The predicted octanol–water partition coefficient (Wildman–Crippen LogP) is 2.90. The summed E-state index contributed by atoms with van der Waals surface area (Å²) in [6.45, 7) is 2.90. The van der Waals surface area contributed by atoms with Crippen molar-refractivity contribution in [2.45, 2.75) is 26.2 Å². The quantitative estimate of drug-likeness (QED) is 0.345. The second-order valence-corrected chi connectivity index (χ2v) is 7.08. The molecule has 0 radical (unpaired) electrons. The van der Waals surface area contributed by atoms with Crippen LogP contribution in [-0.4, -0.2) is 26.9 Å². The molecule has 0 aliphatic rings. The van der Waals surface area contributed by atoms with Crippen LogP contribution in [0.1, 0.15) is 25.5 Å². The highest BCUT2D eigenvalue weighted by atomic mass is 32.1. The number of rotatable bonds is 6. The minimum absolute atomic E-state index is 0.153. The lowest BCUT2D eigenvalue weighted by Gasteiger charge is -2.10. The highest BCUT2D eigenvalue weighted by Gasteiger charge is 2.12. The number of amides is 1. The molecule has 1 amide bonds. The third-order valence-electron chi connectivity index (χ3n) is 3.83. The third kappa shape index (κ3) is 4.59. The SMILES string of the molecule is CCCCNC(=S)NNC(=O)Cc1csc2nc(-c3ccccc3)cn12. The fourth-order valence-electron chi connectivity index (χ4n) is 2.46. The van der Waals surface area contributed by atoms with Gasteiger partial charge in [-0.05, 0) is 18.6 Å². The van der Waals surface area contributed by atoms with Gasteiger partial charge in [0.15, 0.2) is 10.1 Å². The minimum atomic E-state index is -0.153. The first-order chi connectivity index (χ1) is 12.7. The molecule has 0 aliphatic carbocycles. The molecule has 0 saturated heterocycles. The Hall–Kier alpha value is -2.45. The van der Waals surface area contributed by atoms with Gasteiger partial charge in [0.05, 0.1) is 12.1 Å². The normalized spacial score (nSPS) is 10.7. The zero-order chi connectivity index (χ0) is 18.4. The maximum atomic E-state index is 12.2. The summed E-state index contributed by atoms with van der Waals surface area (Å²) in [5.41, 5.74) is 8.21. The van der Waals surface area contributed by atoms with Gasteiger partial charge in [0, 0.05) is 29.4 Å². The molecule has 136 valence electrons. The van der Waals surface area contributed by atoms with Crippen LogP contribution in [0.25, 0.3) is 16.2 Å². The van der Waals surface area contributed by atoms with Gasteiger partial charge in [-0.3, -0.25) is 20.0 Å².